The molecule has 1 aromatic rings. The lowest BCUT2D eigenvalue weighted by atomic mass is 10.2. The smallest absolute Gasteiger partial charge is 0.161 e. The number of hydrogen-bond donors (Lipinski definition) is 1. The van der Waals surface area contributed by atoms with Crippen LogP contribution in [-0.2, 0) is 0 Å². The summed E-state index contributed by atoms with van der Waals surface area (Å²) in [6.07, 6.45) is 1.12. The van der Waals surface area contributed by atoms with Gasteiger partial charge in [0.1, 0.15) is 0 Å². The van der Waals surface area contributed by atoms with Crippen LogP contribution in [0.1, 0.15) is 25.8 Å². The Morgan fingerprint density at radius 2 is 2.29 bits per heavy atom. The number of nitriles is 1. The summed E-state index contributed by atoms with van der Waals surface area (Å²) in [5.74, 6) is 0. The molecule has 17 heavy (non-hydrogen) atoms. The van der Waals surface area contributed by atoms with E-state index in [1.165, 1.54) is 0 Å². The molecule has 1 aliphatic rings. The number of aliphatic imine (C=N–C) groups is 1. The van der Waals surface area contributed by atoms with E-state index in [1.807, 2.05) is 18.2 Å². The molecule has 1 aliphatic heterocycles. The molecule has 88 valence electrons. The lowest BCUT2D eigenvalue weighted by molar-refractivity contribution is 0.661. The first-order chi connectivity index (χ1) is 8.17. The van der Waals surface area contributed by atoms with Gasteiger partial charge in [0.05, 0.1) is 17.7 Å². The molecule has 0 amide bonds. The first-order valence-electron chi connectivity index (χ1n) is 5.69. The highest BCUT2D eigenvalue weighted by molar-refractivity contribution is 8.14. The minimum atomic E-state index is 0.368. The number of rotatable bonds is 1. The minimum Gasteiger partial charge on any atom is -0.335 e. The van der Waals surface area contributed by atoms with Crippen molar-refractivity contribution in [1.29, 1.82) is 5.26 Å². The quantitative estimate of drug-likeness (QED) is 0.826. The zero-order valence-electron chi connectivity index (χ0n) is 9.97. The maximum Gasteiger partial charge on any atom is 0.161 e. The number of nitrogens with one attached hydrogen (secondary N) is 1. The van der Waals surface area contributed by atoms with E-state index in [-0.39, 0.29) is 0 Å². The summed E-state index contributed by atoms with van der Waals surface area (Å²) in [6.45, 7) is 4.34. The van der Waals surface area contributed by atoms with Gasteiger partial charge in [-0.25, -0.2) is 0 Å². The fourth-order valence-electron chi connectivity index (χ4n) is 1.85. The molecule has 0 saturated heterocycles. The molecule has 2 rings (SSSR count). The van der Waals surface area contributed by atoms with Crippen molar-refractivity contribution in [2.75, 3.05) is 5.32 Å². The van der Waals surface area contributed by atoms with Crippen molar-refractivity contribution >= 4 is 22.6 Å². The van der Waals surface area contributed by atoms with Gasteiger partial charge in [0, 0.05) is 10.9 Å². The predicted octanol–water partition coefficient (Wildman–Crippen LogP) is 3.24. The number of nitrogens with zero attached hydrogens (tertiary/aromatic N) is 2. The van der Waals surface area contributed by atoms with E-state index < -0.39 is 0 Å². The van der Waals surface area contributed by atoms with Gasteiger partial charge in [0.2, 0.25) is 0 Å². The topological polar surface area (TPSA) is 48.2 Å². The van der Waals surface area contributed by atoms with Crippen molar-refractivity contribution in [2.45, 2.75) is 31.6 Å². The van der Waals surface area contributed by atoms with Crippen molar-refractivity contribution in [3.8, 4) is 6.07 Å². The Balaban J connectivity index is 2.13. The molecule has 1 aromatic carbocycles. The van der Waals surface area contributed by atoms with Crippen LogP contribution in [0, 0.1) is 11.3 Å². The van der Waals surface area contributed by atoms with E-state index in [0.29, 0.717) is 16.9 Å². The SMILES string of the molecule is CC1CC(C)SC(Nc2cccc(C#N)c2)=N1. The first kappa shape index (κ1) is 12.0. The summed E-state index contributed by atoms with van der Waals surface area (Å²) in [4.78, 5) is 4.57. The summed E-state index contributed by atoms with van der Waals surface area (Å²) in [5.41, 5.74) is 1.59. The molecule has 0 bridgehead atoms. The van der Waals surface area contributed by atoms with Crippen LogP contribution in [0.3, 0.4) is 0 Å². The van der Waals surface area contributed by atoms with Crippen LogP contribution in [0.15, 0.2) is 29.3 Å². The van der Waals surface area contributed by atoms with Gasteiger partial charge in [-0.3, -0.25) is 4.99 Å². The largest absolute Gasteiger partial charge is 0.335 e. The maximum atomic E-state index is 8.84. The lowest BCUT2D eigenvalue weighted by Gasteiger charge is -2.23. The van der Waals surface area contributed by atoms with E-state index in [9.17, 15) is 0 Å². The molecule has 0 aromatic heterocycles. The van der Waals surface area contributed by atoms with Crippen LogP contribution >= 0.6 is 11.8 Å². The summed E-state index contributed by atoms with van der Waals surface area (Å²) < 4.78 is 0. The van der Waals surface area contributed by atoms with Gasteiger partial charge in [0.15, 0.2) is 5.17 Å². The van der Waals surface area contributed by atoms with E-state index in [4.69, 9.17) is 5.26 Å². The summed E-state index contributed by atoms with van der Waals surface area (Å²) >= 11 is 1.75. The Morgan fingerprint density at radius 1 is 1.47 bits per heavy atom. The fourth-order valence-corrected chi connectivity index (χ4v) is 3.03. The molecule has 3 nitrogen and oxygen atoms in total. The zero-order chi connectivity index (χ0) is 12.3. The molecular formula is C13H15N3S. The third-order valence-corrected chi connectivity index (χ3v) is 3.59. The van der Waals surface area contributed by atoms with Crippen LogP contribution in [-0.4, -0.2) is 16.5 Å². The Bertz CT molecular complexity index is 476. The Morgan fingerprint density at radius 3 is 3.00 bits per heavy atom. The number of benzene rings is 1. The fraction of sp³-hybridized carbons (Fsp3) is 0.385. The Hall–Kier alpha value is -1.47. The average Bonchev–Trinajstić information content (AvgIpc) is 2.28. The molecule has 0 aliphatic carbocycles. The highest BCUT2D eigenvalue weighted by atomic mass is 32.2. The van der Waals surface area contributed by atoms with Crippen molar-refractivity contribution < 1.29 is 0 Å². The van der Waals surface area contributed by atoms with E-state index in [2.05, 4.69) is 30.2 Å². The normalized spacial score (nSPS) is 23.7. The van der Waals surface area contributed by atoms with Gasteiger partial charge in [-0.05, 0) is 31.5 Å². The van der Waals surface area contributed by atoms with Gasteiger partial charge in [-0.15, -0.1) is 0 Å². The van der Waals surface area contributed by atoms with Gasteiger partial charge < -0.3 is 5.32 Å². The molecular weight excluding hydrogens is 230 g/mol. The molecule has 0 saturated carbocycles. The number of thioether (sulfide) groups is 1. The monoisotopic (exact) mass is 245 g/mol. The van der Waals surface area contributed by atoms with Crippen molar-refractivity contribution in [3.63, 3.8) is 0 Å². The predicted molar refractivity (Wildman–Crippen MR) is 73.3 cm³/mol. The molecule has 0 spiro atoms. The van der Waals surface area contributed by atoms with E-state index >= 15 is 0 Å². The van der Waals surface area contributed by atoms with Crippen LogP contribution < -0.4 is 5.32 Å². The molecule has 2 atom stereocenters. The minimum absolute atomic E-state index is 0.368. The van der Waals surface area contributed by atoms with Crippen LogP contribution in [0.4, 0.5) is 5.69 Å². The zero-order valence-corrected chi connectivity index (χ0v) is 10.8. The second-order valence-corrected chi connectivity index (χ2v) is 5.69. The number of amidine groups is 1. The average molecular weight is 245 g/mol. The number of anilines is 1. The van der Waals surface area contributed by atoms with Gasteiger partial charge >= 0.3 is 0 Å². The van der Waals surface area contributed by atoms with Gasteiger partial charge in [-0.1, -0.05) is 24.8 Å². The van der Waals surface area contributed by atoms with Crippen molar-refractivity contribution in [1.82, 2.24) is 0 Å². The van der Waals surface area contributed by atoms with Gasteiger partial charge in [0.25, 0.3) is 0 Å². The molecule has 0 fully saturated rings. The lowest BCUT2D eigenvalue weighted by Crippen LogP contribution is -2.22. The molecule has 1 heterocycles. The molecule has 0 radical (unpaired) electrons. The third kappa shape index (κ3) is 3.24. The van der Waals surface area contributed by atoms with E-state index in [1.54, 1.807) is 17.8 Å². The summed E-state index contributed by atoms with van der Waals surface area (Å²) in [7, 11) is 0. The third-order valence-electron chi connectivity index (χ3n) is 2.57. The molecule has 4 heteroatoms. The second-order valence-electron chi connectivity index (χ2n) is 4.27. The summed E-state index contributed by atoms with van der Waals surface area (Å²) in [5, 5.41) is 13.7. The van der Waals surface area contributed by atoms with Crippen molar-refractivity contribution in [3.05, 3.63) is 29.8 Å². The van der Waals surface area contributed by atoms with E-state index in [0.717, 1.165) is 17.3 Å². The Kier molecular flexibility index (Phi) is 3.70. The first-order valence-corrected chi connectivity index (χ1v) is 6.57. The van der Waals surface area contributed by atoms with Gasteiger partial charge in [-0.2, -0.15) is 5.26 Å². The Labute approximate surface area is 106 Å². The van der Waals surface area contributed by atoms with Crippen LogP contribution in [0.25, 0.3) is 0 Å². The highest BCUT2D eigenvalue weighted by Crippen LogP contribution is 2.26. The number of hydrogen-bond acceptors (Lipinski definition) is 4. The van der Waals surface area contributed by atoms with Crippen molar-refractivity contribution in [2.24, 2.45) is 4.99 Å². The summed E-state index contributed by atoms with van der Waals surface area (Å²) in [6, 6.07) is 9.97. The highest BCUT2D eigenvalue weighted by Gasteiger charge is 2.18. The molecule has 2 unspecified atom stereocenters. The maximum absolute atomic E-state index is 8.84. The van der Waals surface area contributed by atoms with Crippen LogP contribution in [0.5, 0.6) is 0 Å². The standard InChI is InChI=1S/C13H15N3S/c1-9-6-10(2)17-13(15-9)16-12-5-3-4-11(7-12)8-14/h3-5,7,9-10H,6H2,1-2H3,(H,15,16). The molecule has 1 N–H and O–H groups in total. The second kappa shape index (κ2) is 5.24. The van der Waals surface area contributed by atoms with Crippen LogP contribution in [0.2, 0.25) is 0 Å².